The van der Waals surface area contributed by atoms with E-state index in [1.54, 1.807) is 24.3 Å². The molecule has 1 rings (SSSR count). The molecule has 0 bridgehead atoms. The molecule has 0 aliphatic carbocycles. The molecule has 1 aromatic carbocycles. The molecule has 104 valence electrons. The van der Waals surface area contributed by atoms with Gasteiger partial charge in [0, 0.05) is 6.54 Å². The van der Waals surface area contributed by atoms with E-state index < -0.39 is 16.1 Å². The summed E-state index contributed by atoms with van der Waals surface area (Å²) in [6, 6.07) is 8.58. The fraction of sp³-hybridized carbons (Fsp3) is 0.462. The van der Waals surface area contributed by atoms with Crippen molar-refractivity contribution in [1.29, 1.82) is 5.26 Å². The smallest absolute Gasteiger partial charge is 0.215 e. The molecule has 0 spiro atoms. The lowest BCUT2D eigenvalue weighted by Gasteiger charge is -2.10. The topological polar surface area (TPSA) is 90.2 Å². The lowest BCUT2D eigenvalue weighted by molar-refractivity contribution is 0.162. The molecule has 0 aliphatic heterocycles. The Labute approximate surface area is 113 Å². The zero-order chi connectivity index (χ0) is 14.3. The summed E-state index contributed by atoms with van der Waals surface area (Å²) in [6.07, 6.45) is 0.489. The fourth-order valence-electron chi connectivity index (χ4n) is 1.60. The van der Waals surface area contributed by atoms with Crippen molar-refractivity contribution in [2.24, 2.45) is 0 Å². The molecule has 5 nitrogen and oxygen atoms in total. The minimum atomic E-state index is -3.48. The molecule has 1 atom stereocenters. The normalized spacial score (nSPS) is 12.9. The first-order chi connectivity index (χ1) is 8.98. The molecule has 0 heterocycles. The van der Waals surface area contributed by atoms with E-state index in [-0.39, 0.29) is 12.3 Å². The number of nitriles is 1. The van der Waals surface area contributed by atoms with Gasteiger partial charge in [-0.3, -0.25) is 0 Å². The van der Waals surface area contributed by atoms with Gasteiger partial charge < -0.3 is 5.11 Å². The van der Waals surface area contributed by atoms with Crippen molar-refractivity contribution in [3.8, 4) is 6.07 Å². The lowest BCUT2D eigenvalue weighted by atomic mass is 10.1. The van der Waals surface area contributed by atoms with Gasteiger partial charge in [0.1, 0.15) is 0 Å². The van der Waals surface area contributed by atoms with E-state index in [2.05, 4.69) is 4.72 Å². The zero-order valence-electron chi connectivity index (χ0n) is 10.8. The third-order valence-electron chi connectivity index (χ3n) is 2.75. The highest BCUT2D eigenvalue weighted by Gasteiger charge is 2.14. The van der Waals surface area contributed by atoms with Crippen molar-refractivity contribution < 1.29 is 13.5 Å². The van der Waals surface area contributed by atoms with Gasteiger partial charge in [-0.1, -0.05) is 25.1 Å². The van der Waals surface area contributed by atoms with Crippen molar-refractivity contribution in [1.82, 2.24) is 4.72 Å². The van der Waals surface area contributed by atoms with E-state index in [1.807, 2.05) is 13.0 Å². The average Bonchev–Trinajstić information content (AvgIpc) is 2.38. The standard InChI is InChI=1S/C13H18N2O3S/c1-2-13(16)7-8-15-19(17,18)10-12-6-4-3-5-11(12)9-14/h3-6,13,15-16H,2,7-8,10H2,1H3. The summed E-state index contributed by atoms with van der Waals surface area (Å²) < 4.78 is 26.1. The van der Waals surface area contributed by atoms with E-state index >= 15 is 0 Å². The number of aliphatic hydroxyl groups excluding tert-OH is 1. The van der Waals surface area contributed by atoms with Crippen molar-refractivity contribution in [2.75, 3.05) is 6.54 Å². The number of hydrogen-bond donors (Lipinski definition) is 2. The maximum Gasteiger partial charge on any atom is 0.215 e. The predicted molar refractivity (Wildman–Crippen MR) is 72.7 cm³/mol. The highest BCUT2D eigenvalue weighted by Crippen LogP contribution is 2.10. The van der Waals surface area contributed by atoms with Crippen LogP contribution in [0.2, 0.25) is 0 Å². The molecule has 0 saturated carbocycles. The monoisotopic (exact) mass is 282 g/mol. The van der Waals surface area contributed by atoms with Gasteiger partial charge in [-0.05, 0) is 24.5 Å². The van der Waals surface area contributed by atoms with Crippen LogP contribution < -0.4 is 4.72 Å². The Morgan fingerprint density at radius 2 is 2.11 bits per heavy atom. The minimum Gasteiger partial charge on any atom is -0.393 e. The predicted octanol–water partition coefficient (Wildman–Crippen LogP) is 1.14. The van der Waals surface area contributed by atoms with Gasteiger partial charge in [0.25, 0.3) is 0 Å². The Bertz CT molecular complexity index is 549. The largest absolute Gasteiger partial charge is 0.393 e. The van der Waals surface area contributed by atoms with Crippen LogP contribution in [0.15, 0.2) is 24.3 Å². The van der Waals surface area contributed by atoms with Crippen LogP contribution in [-0.2, 0) is 15.8 Å². The summed E-state index contributed by atoms with van der Waals surface area (Å²) in [5.41, 5.74) is 0.843. The van der Waals surface area contributed by atoms with Gasteiger partial charge >= 0.3 is 0 Å². The molecule has 6 heteroatoms. The van der Waals surface area contributed by atoms with Crippen LogP contribution in [0.4, 0.5) is 0 Å². The van der Waals surface area contributed by atoms with Crippen molar-refractivity contribution in [2.45, 2.75) is 31.6 Å². The number of aliphatic hydroxyl groups is 1. The van der Waals surface area contributed by atoms with Crippen LogP contribution in [0.5, 0.6) is 0 Å². The van der Waals surface area contributed by atoms with Crippen molar-refractivity contribution in [3.05, 3.63) is 35.4 Å². The zero-order valence-corrected chi connectivity index (χ0v) is 11.7. The molecule has 0 aliphatic rings. The highest BCUT2D eigenvalue weighted by atomic mass is 32.2. The molecule has 0 fully saturated rings. The van der Waals surface area contributed by atoms with Crippen LogP contribution in [-0.4, -0.2) is 26.2 Å². The van der Waals surface area contributed by atoms with Crippen molar-refractivity contribution >= 4 is 10.0 Å². The number of benzene rings is 1. The number of nitrogens with one attached hydrogen (secondary N) is 1. The Hall–Kier alpha value is -1.42. The second kappa shape index (κ2) is 7.24. The van der Waals surface area contributed by atoms with E-state index in [0.29, 0.717) is 24.0 Å². The van der Waals surface area contributed by atoms with Crippen molar-refractivity contribution in [3.63, 3.8) is 0 Å². The summed E-state index contributed by atoms with van der Waals surface area (Å²) in [7, 11) is -3.48. The number of sulfonamides is 1. The second-order valence-electron chi connectivity index (χ2n) is 4.27. The van der Waals surface area contributed by atoms with Crippen LogP contribution in [0.3, 0.4) is 0 Å². The van der Waals surface area contributed by atoms with Crippen LogP contribution >= 0.6 is 0 Å². The lowest BCUT2D eigenvalue weighted by Crippen LogP contribution is -2.28. The molecule has 2 N–H and O–H groups in total. The molecule has 1 aromatic rings. The number of rotatable bonds is 7. The first-order valence-corrected chi connectivity index (χ1v) is 7.77. The third kappa shape index (κ3) is 5.39. The number of hydrogen-bond acceptors (Lipinski definition) is 4. The Morgan fingerprint density at radius 1 is 1.42 bits per heavy atom. The van der Waals surface area contributed by atoms with E-state index in [1.165, 1.54) is 0 Å². The molecular formula is C13H18N2O3S. The van der Waals surface area contributed by atoms with Gasteiger partial charge in [-0.2, -0.15) is 5.26 Å². The summed E-state index contributed by atoms with van der Waals surface area (Å²) in [5, 5.41) is 18.2. The van der Waals surface area contributed by atoms with Gasteiger partial charge in [0.15, 0.2) is 0 Å². The maximum atomic E-state index is 11.8. The van der Waals surface area contributed by atoms with Gasteiger partial charge in [-0.25, -0.2) is 13.1 Å². The average molecular weight is 282 g/mol. The maximum absolute atomic E-state index is 11.8. The summed E-state index contributed by atoms with van der Waals surface area (Å²) in [4.78, 5) is 0. The van der Waals surface area contributed by atoms with Gasteiger partial charge in [0.2, 0.25) is 10.0 Å². The quantitative estimate of drug-likeness (QED) is 0.784. The molecular weight excluding hydrogens is 264 g/mol. The van der Waals surface area contributed by atoms with Gasteiger partial charge in [-0.15, -0.1) is 0 Å². The molecule has 0 saturated heterocycles. The Morgan fingerprint density at radius 3 is 2.74 bits per heavy atom. The minimum absolute atomic E-state index is 0.200. The second-order valence-corrected chi connectivity index (χ2v) is 6.08. The van der Waals surface area contributed by atoms with Crippen LogP contribution in [0.25, 0.3) is 0 Å². The molecule has 1 unspecified atom stereocenters. The van der Waals surface area contributed by atoms with Crippen LogP contribution in [0.1, 0.15) is 30.9 Å². The molecule has 0 amide bonds. The SMILES string of the molecule is CCC(O)CCNS(=O)(=O)Cc1ccccc1C#N. The molecule has 0 aromatic heterocycles. The summed E-state index contributed by atoms with van der Waals surface area (Å²) in [5.74, 6) is -0.223. The first kappa shape index (κ1) is 15.6. The Balaban J connectivity index is 2.62. The van der Waals surface area contributed by atoms with E-state index in [4.69, 9.17) is 5.26 Å². The number of nitrogens with zero attached hydrogens (tertiary/aromatic N) is 1. The fourth-order valence-corrected chi connectivity index (χ4v) is 2.79. The first-order valence-electron chi connectivity index (χ1n) is 6.12. The van der Waals surface area contributed by atoms with Crippen LogP contribution in [0, 0.1) is 11.3 Å². The molecule has 19 heavy (non-hydrogen) atoms. The highest BCUT2D eigenvalue weighted by molar-refractivity contribution is 7.88. The van der Waals surface area contributed by atoms with Gasteiger partial charge in [0.05, 0.1) is 23.5 Å². The van der Waals surface area contributed by atoms with E-state index in [9.17, 15) is 13.5 Å². The van der Waals surface area contributed by atoms with E-state index in [0.717, 1.165) is 0 Å². The molecule has 0 radical (unpaired) electrons. The third-order valence-corrected chi connectivity index (χ3v) is 4.09. The summed E-state index contributed by atoms with van der Waals surface area (Å²) >= 11 is 0. The Kier molecular flexibility index (Phi) is 5.96. The summed E-state index contributed by atoms with van der Waals surface area (Å²) in [6.45, 7) is 2.04.